The van der Waals surface area contributed by atoms with E-state index in [1.54, 1.807) is 6.07 Å². The van der Waals surface area contributed by atoms with Crippen molar-refractivity contribution < 1.29 is 19.8 Å². The molecule has 0 amide bonds. The standard InChI is InChI=1S/C10H10INO4/c11-7-3-6(9(13)14)2-1-5(7)4-8(12)10(15)16/h1-3,8H,4,12H2,(H,13,14)(H,15,16)/t8-/m0/s1. The first-order chi connectivity index (χ1) is 7.41. The molecular formula is C10H10INO4. The molecule has 0 saturated carbocycles. The molecule has 0 radical (unpaired) electrons. The minimum absolute atomic E-state index is 0.178. The first kappa shape index (κ1) is 12.9. The van der Waals surface area contributed by atoms with Crippen LogP contribution in [0.1, 0.15) is 15.9 Å². The predicted octanol–water partition coefficient (Wildman–Crippen LogP) is 0.944. The second-order valence-corrected chi connectivity index (χ2v) is 4.42. The lowest BCUT2D eigenvalue weighted by Gasteiger charge is -2.08. The fourth-order valence-corrected chi connectivity index (χ4v) is 1.91. The molecule has 5 nitrogen and oxygen atoms in total. The van der Waals surface area contributed by atoms with Crippen LogP contribution < -0.4 is 5.73 Å². The van der Waals surface area contributed by atoms with Gasteiger partial charge in [0, 0.05) is 3.57 Å². The number of carbonyl (C=O) groups is 2. The maximum absolute atomic E-state index is 10.7. The Morgan fingerprint density at radius 1 is 1.38 bits per heavy atom. The van der Waals surface area contributed by atoms with Gasteiger partial charge in [-0.2, -0.15) is 0 Å². The van der Waals surface area contributed by atoms with Gasteiger partial charge in [-0.1, -0.05) is 6.07 Å². The van der Waals surface area contributed by atoms with E-state index >= 15 is 0 Å². The number of halogens is 1. The van der Waals surface area contributed by atoms with Crippen LogP contribution in [0.3, 0.4) is 0 Å². The van der Waals surface area contributed by atoms with Gasteiger partial charge in [0.15, 0.2) is 0 Å². The van der Waals surface area contributed by atoms with Gasteiger partial charge in [0.05, 0.1) is 5.56 Å². The second-order valence-electron chi connectivity index (χ2n) is 3.26. The molecule has 0 fully saturated rings. The van der Waals surface area contributed by atoms with Gasteiger partial charge in [0.25, 0.3) is 0 Å². The Hall–Kier alpha value is -1.15. The van der Waals surface area contributed by atoms with Gasteiger partial charge in [-0.3, -0.25) is 4.79 Å². The van der Waals surface area contributed by atoms with Crippen molar-refractivity contribution >= 4 is 34.5 Å². The maximum Gasteiger partial charge on any atom is 0.335 e. The monoisotopic (exact) mass is 335 g/mol. The van der Waals surface area contributed by atoms with E-state index in [0.29, 0.717) is 3.57 Å². The first-order valence-electron chi connectivity index (χ1n) is 4.42. The van der Waals surface area contributed by atoms with Crippen molar-refractivity contribution in [3.8, 4) is 0 Å². The van der Waals surface area contributed by atoms with E-state index in [1.165, 1.54) is 12.1 Å². The summed E-state index contributed by atoms with van der Waals surface area (Å²) in [5.74, 6) is -2.08. The van der Waals surface area contributed by atoms with Crippen LogP contribution in [0.2, 0.25) is 0 Å². The summed E-state index contributed by atoms with van der Waals surface area (Å²) in [6.07, 6.45) is 0.188. The molecule has 0 unspecified atom stereocenters. The Bertz CT molecular complexity index is 433. The van der Waals surface area contributed by atoms with E-state index in [2.05, 4.69) is 0 Å². The third-order valence-electron chi connectivity index (χ3n) is 2.06. The van der Waals surface area contributed by atoms with E-state index in [1.807, 2.05) is 22.6 Å². The van der Waals surface area contributed by atoms with E-state index in [-0.39, 0.29) is 12.0 Å². The number of aliphatic carboxylic acids is 1. The molecule has 86 valence electrons. The highest BCUT2D eigenvalue weighted by Crippen LogP contribution is 2.16. The van der Waals surface area contributed by atoms with Gasteiger partial charge in [0.1, 0.15) is 6.04 Å². The summed E-state index contributed by atoms with van der Waals surface area (Å²) in [5.41, 5.74) is 6.31. The summed E-state index contributed by atoms with van der Waals surface area (Å²) in [5, 5.41) is 17.4. The molecule has 16 heavy (non-hydrogen) atoms. The van der Waals surface area contributed by atoms with Crippen molar-refractivity contribution in [1.82, 2.24) is 0 Å². The van der Waals surface area contributed by atoms with Crippen molar-refractivity contribution in [2.45, 2.75) is 12.5 Å². The molecular weight excluding hydrogens is 325 g/mol. The minimum atomic E-state index is -1.07. The number of carboxylic acids is 2. The molecule has 0 aliphatic heterocycles. The quantitative estimate of drug-likeness (QED) is 0.711. The second kappa shape index (κ2) is 5.26. The smallest absolute Gasteiger partial charge is 0.335 e. The fraction of sp³-hybridized carbons (Fsp3) is 0.200. The Kier molecular flexibility index (Phi) is 4.25. The highest BCUT2D eigenvalue weighted by Gasteiger charge is 2.14. The van der Waals surface area contributed by atoms with Crippen LogP contribution in [0.25, 0.3) is 0 Å². The summed E-state index contributed by atoms with van der Waals surface area (Å²) in [6, 6.07) is 3.55. The molecule has 1 rings (SSSR count). The number of hydrogen-bond acceptors (Lipinski definition) is 3. The summed E-state index contributed by atoms with van der Waals surface area (Å²) in [7, 11) is 0. The highest BCUT2D eigenvalue weighted by molar-refractivity contribution is 14.1. The number of aromatic carboxylic acids is 1. The van der Waals surface area contributed by atoms with Gasteiger partial charge < -0.3 is 15.9 Å². The van der Waals surface area contributed by atoms with Crippen molar-refractivity contribution in [1.29, 1.82) is 0 Å². The Balaban J connectivity index is 2.91. The van der Waals surface area contributed by atoms with E-state index < -0.39 is 18.0 Å². The molecule has 0 bridgehead atoms. The van der Waals surface area contributed by atoms with Gasteiger partial charge in [-0.25, -0.2) is 4.79 Å². The Morgan fingerprint density at radius 2 is 2.00 bits per heavy atom. The zero-order valence-electron chi connectivity index (χ0n) is 8.18. The minimum Gasteiger partial charge on any atom is -0.480 e. The average molecular weight is 335 g/mol. The topological polar surface area (TPSA) is 101 Å². The van der Waals surface area contributed by atoms with Crippen LogP contribution >= 0.6 is 22.6 Å². The van der Waals surface area contributed by atoms with Gasteiger partial charge in [-0.05, 0) is 46.7 Å². The molecule has 0 aliphatic carbocycles. The number of rotatable bonds is 4. The molecule has 1 atom stereocenters. The lowest BCUT2D eigenvalue weighted by molar-refractivity contribution is -0.138. The largest absolute Gasteiger partial charge is 0.480 e. The molecule has 0 saturated heterocycles. The van der Waals surface area contributed by atoms with E-state index in [4.69, 9.17) is 15.9 Å². The normalized spacial score (nSPS) is 12.1. The van der Waals surface area contributed by atoms with Crippen molar-refractivity contribution in [3.63, 3.8) is 0 Å². The van der Waals surface area contributed by atoms with Gasteiger partial charge in [0.2, 0.25) is 0 Å². The number of carboxylic acid groups (broad SMARTS) is 2. The molecule has 0 spiro atoms. The number of benzene rings is 1. The Labute approximate surface area is 105 Å². The third-order valence-corrected chi connectivity index (χ3v) is 3.06. The molecule has 0 heterocycles. The van der Waals surface area contributed by atoms with Crippen LogP contribution in [-0.2, 0) is 11.2 Å². The van der Waals surface area contributed by atoms with E-state index in [0.717, 1.165) is 5.56 Å². The number of nitrogens with two attached hydrogens (primary N) is 1. The summed E-state index contributed by atoms with van der Waals surface area (Å²) in [4.78, 5) is 21.2. The summed E-state index contributed by atoms with van der Waals surface area (Å²) >= 11 is 1.96. The lowest BCUT2D eigenvalue weighted by Crippen LogP contribution is -2.32. The molecule has 1 aromatic carbocycles. The van der Waals surface area contributed by atoms with Gasteiger partial charge in [-0.15, -0.1) is 0 Å². The molecule has 4 N–H and O–H groups in total. The SMILES string of the molecule is N[C@@H](Cc1ccc(C(=O)O)cc1I)C(=O)O. The van der Waals surface area contributed by atoms with Gasteiger partial charge >= 0.3 is 11.9 Å². The van der Waals surface area contributed by atoms with Crippen LogP contribution in [0.4, 0.5) is 0 Å². The van der Waals surface area contributed by atoms with Crippen molar-refractivity contribution in [3.05, 3.63) is 32.9 Å². The van der Waals surface area contributed by atoms with Crippen molar-refractivity contribution in [2.24, 2.45) is 5.73 Å². The third kappa shape index (κ3) is 3.17. The Morgan fingerprint density at radius 3 is 2.44 bits per heavy atom. The maximum atomic E-state index is 10.7. The summed E-state index contributed by atoms with van der Waals surface area (Å²) in [6.45, 7) is 0. The van der Waals surface area contributed by atoms with Crippen LogP contribution in [0.5, 0.6) is 0 Å². The lowest BCUT2D eigenvalue weighted by atomic mass is 10.0. The molecule has 6 heteroatoms. The van der Waals surface area contributed by atoms with Crippen LogP contribution in [0, 0.1) is 3.57 Å². The van der Waals surface area contributed by atoms with E-state index in [9.17, 15) is 9.59 Å². The van der Waals surface area contributed by atoms with Crippen LogP contribution in [-0.4, -0.2) is 28.2 Å². The number of hydrogen-bond donors (Lipinski definition) is 3. The zero-order valence-corrected chi connectivity index (χ0v) is 10.3. The average Bonchev–Trinajstić information content (AvgIpc) is 2.20. The zero-order chi connectivity index (χ0) is 12.3. The fourth-order valence-electron chi connectivity index (χ4n) is 1.17. The molecule has 0 aromatic heterocycles. The highest BCUT2D eigenvalue weighted by atomic mass is 127. The van der Waals surface area contributed by atoms with Crippen LogP contribution in [0.15, 0.2) is 18.2 Å². The predicted molar refractivity (Wildman–Crippen MR) is 65.4 cm³/mol. The van der Waals surface area contributed by atoms with Crippen molar-refractivity contribution in [2.75, 3.05) is 0 Å². The molecule has 0 aliphatic rings. The molecule has 1 aromatic rings. The summed E-state index contributed by atoms with van der Waals surface area (Å²) < 4.78 is 0.703. The first-order valence-corrected chi connectivity index (χ1v) is 5.50.